The first kappa shape index (κ1) is 11.1. The predicted molar refractivity (Wildman–Crippen MR) is 62.6 cm³/mol. The van der Waals surface area contributed by atoms with E-state index < -0.39 is 0 Å². The van der Waals surface area contributed by atoms with E-state index in [0.29, 0.717) is 0 Å². The summed E-state index contributed by atoms with van der Waals surface area (Å²) in [5.74, 6) is 0. The maximum atomic E-state index is 9.10. The first-order valence-electron chi connectivity index (χ1n) is 5.85. The van der Waals surface area contributed by atoms with E-state index in [1.54, 1.807) is 0 Å². The molecule has 2 heterocycles. The molecule has 1 aromatic rings. The Balaban J connectivity index is 2.09. The van der Waals surface area contributed by atoms with Crippen molar-refractivity contribution in [3.63, 3.8) is 0 Å². The van der Waals surface area contributed by atoms with Crippen LogP contribution >= 0.6 is 0 Å². The molecule has 1 saturated heterocycles. The molecule has 1 unspecified atom stereocenters. The molecule has 0 aromatic carbocycles. The number of aromatic nitrogens is 1. The number of piperidine rings is 1. The van der Waals surface area contributed by atoms with Gasteiger partial charge in [-0.15, -0.1) is 0 Å². The molecule has 0 aliphatic carbocycles. The van der Waals surface area contributed by atoms with Gasteiger partial charge in [0.05, 0.1) is 17.8 Å². The van der Waals surface area contributed by atoms with E-state index in [-0.39, 0.29) is 6.04 Å². The van der Waals surface area contributed by atoms with Gasteiger partial charge < -0.3 is 0 Å². The van der Waals surface area contributed by atoms with Crippen molar-refractivity contribution in [1.29, 1.82) is 5.26 Å². The Bertz CT molecular complexity index is 394. The Kier molecular flexibility index (Phi) is 3.53. The van der Waals surface area contributed by atoms with E-state index in [2.05, 4.69) is 28.9 Å². The number of aryl methyl sites for hydroxylation is 1. The molecule has 0 saturated carbocycles. The van der Waals surface area contributed by atoms with Crippen LogP contribution in [0, 0.1) is 18.3 Å². The zero-order valence-corrected chi connectivity index (χ0v) is 9.69. The van der Waals surface area contributed by atoms with Crippen molar-refractivity contribution in [3.8, 4) is 6.07 Å². The summed E-state index contributed by atoms with van der Waals surface area (Å²) in [5.41, 5.74) is 2.31. The largest absolute Gasteiger partial charge is 0.282 e. The van der Waals surface area contributed by atoms with Gasteiger partial charge in [-0.05, 0) is 44.4 Å². The van der Waals surface area contributed by atoms with E-state index in [9.17, 15) is 0 Å². The highest BCUT2D eigenvalue weighted by atomic mass is 15.2. The molecule has 1 atom stereocenters. The van der Waals surface area contributed by atoms with E-state index in [0.717, 1.165) is 25.2 Å². The lowest BCUT2D eigenvalue weighted by molar-refractivity contribution is 0.174. The number of nitriles is 1. The number of likely N-dealkylation sites (tertiary alicyclic amines) is 1. The Morgan fingerprint density at radius 3 is 3.19 bits per heavy atom. The van der Waals surface area contributed by atoms with Crippen molar-refractivity contribution in [2.75, 3.05) is 6.54 Å². The van der Waals surface area contributed by atoms with E-state index in [1.807, 2.05) is 12.3 Å². The Morgan fingerprint density at radius 1 is 1.56 bits per heavy atom. The molecule has 1 aromatic heterocycles. The van der Waals surface area contributed by atoms with Crippen LogP contribution in [-0.2, 0) is 6.54 Å². The summed E-state index contributed by atoms with van der Waals surface area (Å²) < 4.78 is 0. The van der Waals surface area contributed by atoms with Gasteiger partial charge in [0.25, 0.3) is 0 Å². The van der Waals surface area contributed by atoms with Crippen molar-refractivity contribution in [3.05, 3.63) is 29.6 Å². The third-order valence-corrected chi connectivity index (χ3v) is 3.23. The van der Waals surface area contributed by atoms with Crippen molar-refractivity contribution in [1.82, 2.24) is 9.88 Å². The van der Waals surface area contributed by atoms with E-state index >= 15 is 0 Å². The monoisotopic (exact) mass is 215 g/mol. The minimum Gasteiger partial charge on any atom is -0.282 e. The SMILES string of the molecule is Cc1cccnc1CN1CCCCC1C#N. The highest BCUT2D eigenvalue weighted by Gasteiger charge is 2.22. The molecule has 0 amide bonds. The molecular formula is C13H17N3. The highest BCUT2D eigenvalue weighted by Crippen LogP contribution is 2.19. The first-order chi connectivity index (χ1) is 7.81. The summed E-state index contributed by atoms with van der Waals surface area (Å²) in [6, 6.07) is 6.50. The van der Waals surface area contributed by atoms with Crippen molar-refractivity contribution in [2.45, 2.75) is 38.8 Å². The zero-order valence-electron chi connectivity index (χ0n) is 9.69. The van der Waals surface area contributed by atoms with Gasteiger partial charge in [0.2, 0.25) is 0 Å². The highest BCUT2D eigenvalue weighted by molar-refractivity contribution is 5.18. The smallest absolute Gasteiger partial charge is 0.0981 e. The van der Waals surface area contributed by atoms with Crippen LogP contribution in [-0.4, -0.2) is 22.5 Å². The molecule has 84 valence electrons. The summed E-state index contributed by atoms with van der Waals surface area (Å²) >= 11 is 0. The molecule has 3 nitrogen and oxygen atoms in total. The van der Waals surface area contributed by atoms with Crippen LogP contribution in [0.15, 0.2) is 18.3 Å². The standard InChI is InChI=1S/C13H17N3/c1-11-5-4-7-15-13(11)10-16-8-3-2-6-12(16)9-14/h4-5,7,12H,2-3,6,8,10H2,1H3. The molecule has 3 heteroatoms. The van der Waals surface area contributed by atoms with Gasteiger partial charge in [-0.2, -0.15) is 5.26 Å². The molecule has 0 radical (unpaired) electrons. The maximum Gasteiger partial charge on any atom is 0.0981 e. The zero-order chi connectivity index (χ0) is 11.4. The topological polar surface area (TPSA) is 39.9 Å². The van der Waals surface area contributed by atoms with E-state index in [1.165, 1.54) is 18.4 Å². The molecule has 0 bridgehead atoms. The number of pyridine rings is 1. The van der Waals surface area contributed by atoms with Crippen LogP contribution in [0.1, 0.15) is 30.5 Å². The second-order valence-corrected chi connectivity index (χ2v) is 4.38. The molecule has 16 heavy (non-hydrogen) atoms. The van der Waals surface area contributed by atoms with Gasteiger partial charge in [0.15, 0.2) is 0 Å². The average Bonchev–Trinajstić information content (AvgIpc) is 2.33. The van der Waals surface area contributed by atoms with Gasteiger partial charge in [-0.25, -0.2) is 0 Å². The normalized spacial score (nSPS) is 21.6. The second-order valence-electron chi connectivity index (χ2n) is 4.38. The van der Waals surface area contributed by atoms with Crippen molar-refractivity contribution in [2.24, 2.45) is 0 Å². The van der Waals surface area contributed by atoms with Crippen LogP contribution in [0.5, 0.6) is 0 Å². The third kappa shape index (κ3) is 2.40. The van der Waals surface area contributed by atoms with Crippen LogP contribution in [0.4, 0.5) is 0 Å². The van der Waals surface area contributed by atoms with Gasteiger partial charge >= 0.3 is 0 Å². The van der Waals surface area contributed by atoms with Gasteiger partial charge in [0.1, 0.15) is 0 Å². The van der Waals surface area contributed by atoms with Gasteiger partial charge in [-0.3, -0.25) is 9.88 Å². The number of hydrogen-bond acceptors (Lipinski definition) is 3. The van der Waals surface area contributed by atoms with Crippen molar-refractivity contribution >= 4 is 0 Å². The fourth-order valence-electron chi connectivity index (χ4n) is 2.20. The summed E-state index contributed by atoms with van der Waals surface area (Å²) in [5, 5.41) is 9.10. The lowest BCUT2D eigenvalue weighted by atomic mass is 10.0. The molecule has 1 aliphatic heterocycles. The average molecular weight is 215 g/mol. The van der Waals surface area contributed by atoms with Crippen LogP contribution < -0.4 is 0 Å². The fraction of sp³-hybridized carbons (Fsp3) is 0.538. The Hall–Kier alpha value is -1.40. The molecule has 1 aliphatic rings. The summed E-state index contributed by atoms with van der Waals surface area (Å²) in [6.45, 7) is 3.91. The molecule has 0 spiro atoms. The molecule has 2 rings (SSSR count). The predicted octanol–water partition coefficient (Wildman–Crippen LogP) is 2.27. The molecule has 0 N–H and O–H groups in total. The third-order valence-electron chi connectivity index (χ3n) is 3.23. The fourth-order valence-corrected chi connectivity index (χ4v) is 2.20. The lowest BCUT2D eigenvalue weighted by Gasteiger charge is -2.31. The summed E-state index contributed by atoms with van der Waals surface area (Å²) in [4.78, 5) is 6.64. The van der Waals surface area contributed by atoms with Gasteiger partial charge in [0, 0.05) is 12.7 Å². The van der Waals surface area contributed by atoms with Crippen LogP contribution in [0.3, 0.4) is 0 Å². The number of hydrogen-bond donors (Lipinski definition) is 0. The van der Waals surface area contributed by atoms with Crippen LogP contribution in [0.25, 0.3) is 0 Å². The lowest BCUT2D eigenvalue weighted by Crippen LogP contribution is -2.38. The summed E-state index contributed by atoms with van der Waals surface area (Å²) in [6.07, 6.45) is 5.20. The quantitative estimate of drug-likeness (QED) is 0.759. The maximum absolute atomic E-state index is 9.10. The Morgan fingerprint density at radius 2 is 2.44 bits per heavy atom. The Labute approximate surface area is 96.7 Å². The first-order valence-corrected chi connectivity index (χ1v) is 5.85. The number of nitrogens with zero attached hydrogens (tertiary/aromatic N) is 3. The van der Waals surface area contributed by atoms with Crippen LogP contribution in [0.2, 0.25) is 0 Å². The minimum absolute atomic E-state index is 0.0788. The minimum atomic E-state index is 0.0788. The van der Waals surface area contributed by atoms with E-state index in [4.69, 9.17) is 5.26 Å². The van der Waals surface area contributed by atoms with Gasteiger partial charge in [-0.1, -0.05) is 6.07 Å². The molecular weight excluding hydrogens is 198 g/mol. The molecule has 1 fully saturated rings. The second kappa shape index (κ2) is 5.09. The number of rotatable bonds is 2. The van der Waals surface area contributed by atoms with Crippen molar-refractivity contribution < 1.29 is 0 Å². The summed E-state index contributed by atoms with van der Waals surface area (Å²) in [7, 11) is 0.